The van der Waals surface area contributed by atoms with Gasteiger partial charge in [-0.1, -0.05) is 18.2 Å². The van der Waals surface area contributed by atoms with Crippen molar-refractivity contribution in [2.24, 2.45) is 5.10 Å². The molecule has 0 unspecified atom stereocenters. The maximum atomic E-state index is 5.39. The van der Waals surface area contributed by atoms with Gasteiger partial charge in [-0.25, -0.2) is 0 Å². The van der Waals surface area contributed by atoms with E-state index < -0.39 is 0 Å². The third-order valence-corrected chi connectivity index (χ3v) is 2.91. The first-order valence-corrected chi connectivity index (χ1v) is 6.43. The van der Waals surface area contributed by atoms with E-state index in [2.05, 4.69) is 10.5 Å². The first-order chi connectivity index (χ1) is 10.3. The Kier molecular flexibility index (Phi) is 5.04. The van der Waals surface area contributed by atoms with E-state index in [1.54, 1.807) is 27.5 Å². The zero-order valence-corrected chi connectivity index (χ0v) is 12.3. The third-order valence-electron chi connectivity index (χ3n) is 2.91. The molecule has 5 heteroatoms. The van der Waals surface area contributed by atoms with Crippen molar-refractivity contribution in [1.82, 2.24) is 0 Å². The molecule has 0 saturated carbocycles. The number of hydrogen-bond donors (Lipinski definition) is 1. The molecule has 110 valence electrons. The average Bonchev–Trinajstić information content (AvgIpc) is 2.55. The summed E-state index contributed by atoms with van der Waals surface area (Å²) in [4.78, 5) is 0. The van der Waals surface area contributed by atoms with Crippen LogP contribution < -0.4 is 19.6 Å². The van der Waals surface area contributed by atoms with Crippen LogP contribution in [0.25, 0.3) is 0 Å². The lowest BCUT2D eigenvalue weighted by Crippen LogP contribution is -1.99. The minimum absolute atomic E-state index is 0.545. The molecule has 0 bridgehead atoms. The number of anilines is 1. The highest BCUT2D eigenvalue weighted by Gasteiger charge is 2.14. The van der Waals surface area contributed by atoms with Crippen LogP contribution in [0.1, 0.15) is 5.56 Å². The number of methoxy groups -OCH3 is 3. The van der Waals surface area contributed by atoms with Gasteiger partial charge in [0.15, 0.2) is 11.5 Å². The summed E-state index contributed by atoms with van der Waals surface area (Å²) >= 11 is 0. The van der Waals surface area contributed by atoms with Crippen molar-refractivity contribution < 1.29 is 14.2 Å². The molecule has 0 aromatic heterocycles. The largest absolute Gasteiger partial charge is 0.493 e. The lowest BCUT2D eigenvalue weighted by Gasteiger charge is -2.13. The summed E-state index contributed by atoms with van der Waals surface area (Å²) in [5.74, 6) is 1.74. The van der Waals surface area contributed by atoms with Gasteiger partial charge in [0.1, 0.15) is 0 Å². The molecule has 1 N–H and O–H groups in total. The fraction of sp³-hybridized carbons (Fsp3) is 0.188. The SMILES string of the molecule is COc1ccc(/C=N/Nc2ccccc2)c(OC)c1OC. The Morgan fingerprint density at radius 3 is 2.19 bits per heavy atom. The van der Waals surface area contributed by atoms with Gasteiger partial charge in [0.05, 0.1) is 33.2 Å². The molecule has 0 aliphatic carbocycles. The second-order valence-corrected chi connectivity index (χ2v) is 4.16. The molecule has 0 amide bonds. The quantitative estimate of drug-likeness (QED) is 0.654. The molecule has 0 aliphatic rings. The van der Waals surface area contributed by atoms with Crippen molar-refractivity contribution in [3.63, 3.8) is 0 Å². The summed E-state index contributed by atoms with van der Waals surface area (Å²) in [7, 11) is 4.74. The van der Waals surface area contributed by atoms with Crippen LogP contribution in [-0.2, 0) is 0 Å². The fourth-order valence-electron chi connectivity index (χ4n) is 1.92. The predicted molar refractivity (Wildman–Crippen MR) is 83.8 cm³/mol. The molecule has 0 aliphatic heterocycles. The van der Waals surface area contributed by atoms with E-state index in [9.17, 15) is 0 Å². The van der Waals surface area contributed by atoms with Crippen LogP contribution in [0, 0.1) is 0 Å². The Hall–Kier alpha value is -2.69. The van der Waals surface area contributed by atoms with Gasteiger partial charge in [-0.3, -0.25) is 5.43 Å². The molecule has 0 radical (unpaired) electrons. The van der Waals surface area contributed by atoms with Crippen molar-refractivity contribution in [3.8, 4) is 17.2 Å². The van der Waals surface area contributed by atoms with Crippen molar-refractivity contribution >= 4 is 11.9 Å². The number of hydrazone groups is 1. The lowest BCUT2D eigenvalue weighted by atomic mass is 10.2. The molecule has 0 atom stereocenters. The second kappa shape index (κ2) is 7.19. The Balaban J connectivity index is 2.23. The van der Waals surface area contributed by atoms with Gasteiger partial charge in [0, 0.05) is 5.56 Å². The lowest BCUT2D eigenvalue weighted by molar-refractivity contribution is 0.324. The van der Waals surface area contributed by atoms with Crippen molar-refractivity contribution in [2.45, 2.75) is 0 Å². The smallest absolute Gasteiger partial charge is 0.203 e. The number of benzene rings is 2. The van der Waals surface area contributed by atoms with Crippen LogP contribution in [-0.4, -0.2) is 27.5 Å². The maximum Gasteiger partial charge on any atom is 0.203 e. The highest BCUT2D eigenvalue weighted by molar-refractivity contribution is 5.86. The molecule has 0 saturated heterocycles. The highest BCUT2D eigenvalue weighted by Crippen LogP contribution is 2.38. The van der Waals surface area contributed by atoms with E-state index in [0.717, 1.165) is 11.3 Å². The van der Waals surface area contributed by atoms with Crippen LogP contribution >= 0.6 is 0 Å². The average molecular weight is 286 g/mol. The molecular formula is C16H18N2O3. The van der Waals surface area contributed by atoms with Crippen LogP contribution in [0.2, 0.25) is 0 Å². The minimum atomic E-state index is 0.545. The minimum Gasteiger partial charge on any atom is -0.493 e. The summed E-state index contributed by atoms with van der Waals surface area (Å²) in [6.07, 6.45) is 1.67. The fourth-order valence-corrected chi connectivity index (χ4v) is 1.92. The first kappa shape index (κ1) is 14.7. The Labute approximate surface area is 124 Å². The first-order valence-electron chi connectivity index (χ1n) is 6.43. The van der Waals surface area contributed by atoms with Gasteiger partial charge < -0.3 is 14.2 Å². The summed E-state index contributed by atoms with van der Waals surface area (Å²) in [5, 5.41) is 4.20. The zero-order valence-electron chi connectivity index (χ0n) is 12.3. The number of ether oxygens (including phenoxy) is 3. The maximum absolute atomic E-state index is 5.39. The van der Waals surface area contributed by atoms with Crippen molar-refractivity contribution in [1.29, 1.82) is 0 Å². The normalized spacial score (nSPS) is 10.4. The third kappa shape index (κ3) is 3.45. The van der Waals surface area contributed by atoms with Crippen LogP contribution in [0.15, 0.2) is 47.6 Å². The van der Waals surface area contributed by atoms with Gasteiger partial charge in [-0.05, 0) is 24.3 Å². The van der Waals surface area contributed by atoms with E-state index in [1.807, 2.05) is 42.5 Å². The van der Waals surface area contributed by atoms with Crippen LogP contribution in [0.4, 0.5) is 5.69 Å². The number of para-hydroxylation sites is 1. The van der Waals surface area contributed by atoms with E-state index in [4.69, 9.17) is 14.2 Å². The molecule has 2 aromatic rings. The second-order valence-electron chi connectivity index (χ2n) is 4.16. The monoisotopic (exact) mass is 286 g/mol. The molecule has 21 heavy (non-hydrogen) atoms. The zero-order chi connectivity index (χ0) is 15.1. The summed E-state index contributed by atoms with van der Waals surface area (Å²) < 4.78 is 16.0. The van der Waals surface area contributed by atoms with Gasteiger partial charge in [-0.2, -0.15) is 5.10 Å². The molecule has 0 heterocycles. The standard InChI is InChI=1S/C16H18N2O3/c1-19-14-10-9-12(15(20-2)16(14)21-3)11-17-18-13-7-5-4-6-8-13/h4-11,18H,1-3H3/b17-11+. The van der Waals surface area contributed by atoms with E-state index >= 15 is 0 Å². The number of nitrogens with one attached hydrogen (secondary N) is 1. The predicted octanol–water partition coefficient (Wildman–Crippen LogP) is 3.16. The van der Waals surface area contributed by atoms with Crippen molar-refractivity contribution in [2.75, 3.05) is 26.8 Å². The molecule has 5 nitrogen and oxygen atoms in total. The Bertz CT molecular complexity index is 612. The van der Waals surface area contributed by atoms with Crippen LogP contribution in [0.5, 0.6) is 17.2 Å². The summed E-state index contributed by atoms with van der Waals surface area (Å²) in [6.45, 7) is 0. The van der Waals surface area contributed by atoms with Gasteiger partial charge >= 0.3 is 0 Å². The van der Waals surface area contributed by atoms with Crippen molar-refractivity contribution in [3.05, 3.63) is 48.0 Å². The highest BCUT2D eigenvalue weighted by atomic mass is 16.5. The van der Waals surface area contributed by atoms with E-state index in [-0.39, 0.29) is 0 Å². The molecule has 0 spiro atoms. The number of hydrogen-bond acceptors (Lipinski definition) is 5. The summed E-state index contributed by atoms with van der Waals surface area (Å²) in [6, 6.07) is 13.4. The van der Waals surface area contributed by atoms with Gasteiger partial charge in [0.2, 0.25) is 5.75 Å². The molecule has 2 aromatic carbocycles. The number of nitrogens with zero attached hydrogens (tertiary/aromatic N) is 1. The van der Waals surface area contributed by atoms with Gasteiger partial charge in [0.25, 0.3) is 0 Å². The Morgan fingerprint density at radius 2 is 1.57 bits per heavy atom. The van der Waals surface area contributed by atoms with Gasteiger partial charge in [-0.15, -0.1) is 0 Å². The van der Waals surface area contributed by atoms with E-state index in [1.165, 1.54) is 0 Å². The molecule has 0 fully saturated rings. The molecule has 2 rings (SSSR count). The summed E-state index contributed by atoms with van der Waals surface area (Å²) in [5.41, 5.74) is 4.65. The molecular weight excluding hydrogens is 268 g/mol. The Morgan fingerprint density at radius 1 is 0.857 bits per heavy atom. The van der Waals surface area contributed by atoms with Crippen LogP contribution in [0.3, 0.4) is 0 Å². The van der Waals surface area contributed by atoms with E-state index in [0.29, 0.717) is 17.2 Å². The number of rotatable bonds is 6. The topological polar surface area (TPSA) is 52.1 Å².